The van der Waals surface area contributed by atoms with Crippen LogP contribution in [0.1, 0.15) is 27.2 Å². The Kier molecular flexibility index (Phi) is 10.5. The molecule has 157 valence electrons. The van der Waals surface area contributed by atoms with Gasteiger partial charge in [-0.15, -0.1) is 0 Å². The minimum Gasteiger partial charge on any atom is -0.435 e. The van der Waals surface area contributed by atoms with Crippen LogP contribution >= 0.6 is 0 Å². The van der Waals surface area contributed by atoms with Crippen LogP contribution in [0.2, 0.25) is 44.8 Å². The Bertz CT molecular complexity index is 534. The third-order valence-electron chi connectivity index (χ3n) is 3.57. The van der Waals surface area contributed by atoms with Gasteiger partial charge in [0.25, 0.3) is 0 Å². The summed E-state index contributed by atoms with van der Waals surface area (Å²) in [5.74, 6) is -1.99. The fourth-order valence-electron chi connectivity index (χ4n) is 2.15. The molecule has 0 aromatic rings. The predicted octanol–water partition coefficient (Wildman–Crippen LogP) is 2.72. The Balaban J connectivity index is 5.66. The zero-order valence-electron chi connectivity index (χ0n) is 18.0. The summed E-state index contributed by atoms with van der Waals surface area (Å²) in [7, 11) is -5.42. The summed E-state index contributed by atoms with van der Waals surface area (Å²) in [5.41, 5.74) is 0.985. The summed E-state index contributed by atoms with van der Waals surface area (Å²) in [6.45, 7) is 17.2. The highest BCUT2D eigenvalue weighted by atomic mass is 28.4. The van der Waals surface area contributed by atoms with E-state index in [-0.39, 0.29) is 5.54 Å². The zero-order valence-corrected chi connectivity index (χ0v) is 21.0. The van der Waals surface area contributed by atoms with E-state index in [0.717, 1.165) is 12.0 Å². The standard InChI is InChI=1S/C17H35O7Si3/c1-10-15(25(23-26(4,5)6)24-27(7,8)9)12(2)13(3)16(20)22-17(21)14(19)11-18/h14-15,18-19H,10-11H2,1-9H3/b13-12+. The van der Waals surface area contributed by atoms with Crippen LogP contribution < -0.4 is 0 Å². The van der Waals surface area contributed by atoms with E-state index in [2.05, 4.69) is 44.0 Å². The minimum atomic E-state index is -1.86. The predicted molar refractivity (Wildman–Crippen MR) is 111 cm³/mol. The van der Waals surface area contributed by atoms with E-state index < -0.39 is 50.6 Å². The maximum absolute atomic E-state index is 12.3. The number of allylic oxidation sites excluding steroid dienone is 1. The van der Waals surface area contributed by atoms with Gasteiger partial charge in [-0.1, -0.05) is 12.5 Å². The van der Waals surface area contributed by atoms with E-state index >= 15 is 0 Å². The lowest BCUT2D eigenvalue weighted by Crippen LogP contribution is -2.46. The quantitative estimate of drug-likeness (QED) is 0.235. The smallest absolute Gasteiger partial charge is 0.370 e. The summed E-state index contributed by atoms with van der Waals surface area (Å²) in [6.07, 6.45) is -0.999. The second kappa shape index (κ2) is 10.8. The summed E-state index contributed by atoms with van der Waals surface area (Å²) in [6, 6.07) is 0. The van der Waals surface area contributed by atoms with Gasteiger partial charge >= 0.3 is 21.2 Å². The number of aliphatic hydroxyl groups excluding tert-OH is 2. The maximum atomic E-state index is 12.3. The fourth-order valence-corrected chi connectivity index (χ4v) is 9.56. The van der Waals surface area contributed by atoms with Crippen molar-refractivity contribution in [1.29, 1.82) is 0 Å². The molecule has 2 atom stereocenters. The molecule has 0 aromatic heterocycles. The number of esters is 2. The molecule has 0 bridgehead atoms. The largest absolute Gasteiger partial charge is 0.435 e. The van der Waals surface area contributed by atoms with Gasteiger partial charge in [0.15, 0.2) is 22.7 Å². The van der Waals surface area contributed by atoms with Gasteiger partial charge in [-0.3, -0.25) is 0 Å². The van der Waals surface area contributed by atoms with Gasteiger partial charge in [-0.2, -0.15) is 0 Å². The Morgan fingerprint density at radius 1 is 1.00 bits per heavy atom. The van der Waals surface area contributed by atoms with Gasteiger partial charge < -0.3 is 23.2 Å². The highest BCUT2D eigenvalue weighted by molar-refractivity contribution is 6.81. The molecular weight excluding hydrogens is 400 g/mol. The van der Waals surface area contributed by atoms with Crippen molar-refractivity contribution in [1.82, 2.24) is 0 Å². The molecule has 0 saturated heterocycles. The maximum Gasteiger partial charge on any atom is 0.370 e. The molecule has 0 aliphatic heterocycles. The van der Waals surface area contributed by atoms with Crippen molar-refractivity contribution in [3.63, 3.8) is 0 Å². The van der Waals surface area contributed by atoms with Crippen LogP contribution in [0.25, 0.3) is 0 Å². The Morgan fingerprint density at radius 2 is 1.44 bits per heavy atom. The lowest BCUT2D eigenvalue weighted by molar-refractivity contribution is -0.164. The summed E-state index contributed by atoms with van der Waals surface area (Å²) >= 11 is 0. The first-order chi connectivity index (χ1) is 12.1. The fraction of sp³-hybridized carbons (Fsp3) is 0.765. The van der Waals surface area contributed by atoms with E-state index in [1.165, 1.54) is 0 Å². The molecule has 0 aromatic carbocycles. The highest BCUT2D eigenvalue weighted by Gasteiger charge is 2.37. The summed E-state index contributed by atoms with van der Waals surface area (Å²) in [5, 5.41) is 18.1. The van der Waals surface area contributed by atoms with E-state index in [0.29, 0.717) is 5.57 Å². The van der Waals surface area contributed by atoms with Crippen molar-refractivity contribution in [2.75, 3.05) is 6.61 Å². The van der Waals surface area contributed by atoms with Gasteiger partial charge in [0.05, 0.1) is 6.61 Å². The van der Waals surface area contributed by atoms with Crippen molar-refractivity contribution in [2.24, 2.45) is 0 Å². The van der Waals surface area contributed by atoms with Crippen LogP contribution in [0.5, 0.6) is 0 Å². The van der Waals surface area contributed by atoms with Crippen LogP contribution in [0.15, 0.2) is 11.1 Å². The van der Waals surface area contributed by atoms with Crippen molar-refractivity contribution in [2.45, 2.75) is 78.1 Å². The second-order valence-electron chi connectivity index (χ2n) is 8.42. The molecule has 0 rings (SSSR count). The van der Waals surface area contributed by atoms with Crippen molar-refractivity contribution < 1.29 is 32.8 Å². The minimum absolute atomic E-state index is 0.0705. The first kappa shape index (κ1) is 26.4. The van der Waals surface area contributed by atoms with Gasteiger partial charge in [0.1, 0.15) is 0 Å². The van der Waals surface area contributed by atoms with E-state index in [4.69, 9.17) is 13.3 Å². The molecule has 0 amide bonds. The molecule has 7 nitrogen and oxygen atoms in total. The van der Waals surface area contributed by atoms with E-state index in [1.54, 1.807) is 6.92 Å². The van der Waals surface area contributed by atoms with Crippen molar-refractivity contribution >= 4 is 37.9 Å². The SMILES string of the molecule is CCC(/C(C)=C(\C)C(=O)OC(=O)C(O)CO)[Si](O[Si](C)(C)C)O[Si](C)(C)C. The molecular formula is C17H35O7Si3. The topological polar surface area (TPSA) is 102 Å². The number of rotatable bonds is 10. The van der Waals surface area contributed by atoms with Crippen molar-refractivity contribution in [3.05, 3.63) is 11.1 Å². The molecule has 0 aliphatic rings. The van der Waals surface area contributed by atoms with Gasteiger partial charge in [-0.25, -0.2) is 9.59 Å². The first-order valence-corrected chi connectivity index (χ1v) is 17.3. The Labute approximate surface area is 166 Å². The van der Waals surface area contributed by atoms with Gasteiger partial charge in [-0.05, 0) is 59.6 Å². The first-order valence-electron chi connectivity index (χ1n) is 9.10. The third kappa shape index (κ3) is 9.92. The number of carbonyl (C=O) groups is 2. The van der Waals surface area contributed by atoms with Crippen LogP contribution in [0, 0.1) is 0 Å². The number of hydrogen-bond donors (Lipinski definition) is 2. The molecule has 1 radical (unpaired) electrons. The number of hydrogen-bond acceptors (Lipinski definition) is 7. The molecule has 2 N–H and O–H groups in total. The summed E-state index contributed by atoms with van der Waals surface area (Å²) in [4.78, 5) is 23.8. The van der Waals surface area contributed by atoms with Gasteiger partial charge in [0, 0.05) is 11.1 Å². The number of ether oxygens (including phenoxy) is 1. The average Bonchev–Trinajstić information content (AvgIpc) is 2.50. The van der Waals surface area contributed by atoms with E-state index in [1.807, 2.05) is 13.8 Å². The van der Waals surface area contributed by atoms with Crippen molar-refractivity contribution in [3.8, 4) is 0 Å². The van der Waals surface area contributed by atoms with Crippen LogP contribution in [0.3, 0.4) is 0 Å². The molecule has 10 heteroatoms. The molecule has 0 spiro atoms. The summed E-state index contributed by atoms with van der Waals surface area (Å²) < 4.78 is 17.4. The van der Waals surface area contributed by atoms with Crippen LogP contribution in [-0.4, -0.2) is 60.8 Å². The monoisotopic (exact) mass is 435 g/mol. The molecule has 0 fully saturated rings. The molecule has 27 heavy (non-hydrogen) atoms. The highest BCUT2D eigenvalue weighted by Crippen LogP contribution is 2.32. The average molecular weight is 436 g/mol. The molecule has 2 unspecified atom stereocenters. The normalized spacial score (nSPS) is 16.0. The van der Waals surface area contributed by atoms with Gasteiger partial charge in [0.2, 0.25) is 0 Å². The molecule has 0 aliphatic carbocycles. The number of aliphatic hydroxyl groups is 2. The second-order valence-corrected chi connectivity index (χ2v) is 19.8. The zero-order chi connectivity index (χ0) is 21.6. The van der Waals surface area contributed by atoms with Crippen LogP contribution in [0.4, 0.5) is 0 Å². The lowest BCUT2D eigenvalue weighted by Gasteiger charge is -2.34. The lowest BCUT2D eigenvalue weighted by atomic mass is 10.1. The Morgan fingerprint density at radius 3 is 1.78 bits per heavy atom. The third-order valence-corrected chi connectivity index (χ3v) is 11.5. The Hall–Kier alpha value is -0.629. The molecule has 0 heterocycles. The van der Waals surface area contributed by atoms with E-state index in [9.17, 15) is 14.7 Å². The molecule has 0 saturated carbocycles. The number of carbonyl (C=O) groups excluding carboxylic acids is 2. The van der Waals surface area contributed by atoms with Crippen LogP contribution in [-0.2, 0) is 22.6 Å².